The smallest absolute Gasteiger partial charge is 0.142 e. The van der Waals surface area contributed by atoms with Gasteiger partial charge in [0.1, 0.15) is 11.8 Å². The summed E-state index contributed by atoms with van der Waals surface area (Å²) in [4.78, 5) is 1.94. The van der Waals surface area contributed by atoms with Crippen molar-refractivity contribution < 1.29 is 4.74 Å². The fraction of sp³-hybridized carbons (Fsp3) is 0.462. The highest BCUT2D eigenvalue weighted by Gasteiger charge is 2.16. The number of anilines is 1. The zero-order valence-corrected chi connectivity index (χ0v) is 10.5. The topological polar surface area (TPSA) is 36.3 Å². The van der Waals surface area contributed by atoms with Gasteiger partial charge in [-0.05, 0) is 38.0 Å². The van der Waals surface area contributed by atoms with Crippen LogP contribution in [0.4, 0.5) is 5.69 Å². The van der Waals surface area contributed by atoms with Crippen LogP contribution >= 0.6 is 0 Å². The molecule has 0 aliphatic rings. The highest BCUT2D eigenvalue weighted by Crippen LogP contribution is 2.33. The van der Waals surface area contributed by atoms with E-state index in [0.29, 0.717) is 0 Å². The van der Waals surface area contributed by atoms with Crippen molar-refractivity contribution in [2.24, 2.45) is 0 Å². The second-order valence-corrected chi connectivity index (χ2v) is 4.05. The number of benzene rings is 1. The molecule has 0 bridgehead atoms. The molecule has 0 radical (unpaired) electrons. The SMILES string of the molecule is COc1cc(C)cc(C)c1N(C)C(C)C#N. The van der Waals surface area contributed by atoms with Crippen molar-refractivity contribution in [3.05, 3.63) is 23.3 Å². The van der Waals surface area contributed by atoms with Gasteiger partial charge in [-0.2, -0.15) is 5.26 Å². The van der Waals surface area contributed by atoms with Gasteiger partial charge in [-0.15, -0.1) is 0 Å². The Morgan fingerprint density at radius 1 is 1.38 bits per heavy atom. The van der Waals surface area contributed by atoms with Gasteiger partial charge in [0, 0.05) is 7.05 Å². The van der Waals surface area contributed by atoms with Crippen molar-refractivity contribution >= 4 is 5.69 Å². The van der Waals surface area contributed by atoms with Crippen LogP contribution < -0.4 is 9.64 Å². The molecule has 0 aliphatic carbocycles. The molecular weight excluding hydrogens is 200 g/mol. The van der Waals surface area contributed by atoms with E-state index in [-0.39, 0.29) is 6.04 Å². The van der Waals surface area contributed by atoms with E-state index < -0.39 is 0 Å². The standard InChI is InChI=1S/C13H18N2O/c1-9-6-10(2)13(12(7-9)16-5)15(4)11(3)8-14/h6-7,11H,1-5H3. The summed E-state index contributed by atoms with van der Waals surface area (Å²) in [5.74, 6) is 0.821. The maximum Gasteiger partial charge on any atom is 0.142 e. The van der Waals surface area contributed by atoms with E-state index in [1.165, 1.54) is 0 Å². The number of nitrogens with zero attached hydrogens (tertiary/aromatic N) is 2. The molecule has 3 nitrogen and oxygen atoms in total. The molecular formula is C13H18N2O. The zero-order chi connectivity index (χ0) is 12.3. The molecule has 0 aromatic heterocycles. The maximum atomic E-state index is 8.94. The van der Waals surface area contributed by atoms with Gasteiger partial charge in [-0.1, -0.05) is 6.07 Å². The summed E-state index contributed by atoms with van der Waals surface area (Å²) in [7, 11) is 3.57. The van der Waals surface area contributed by atoms with Crippen LogP contribution in [0.15, 0.2) is 12.1 Å². The first-order valence-electron chi connectivity index (χ1n) is 5.29. The van der Waals surface area contributed by atoms with E-state index in [2.05, 4.69) is 12.1 Å². The lowest BCUT2D eigenvalue weighted by atomic mass is 10.1. The van der Waals surface area contributed by atoms with Crippen LogP contribution in [-0.4, -0.2) is 20.2 Å². The second kappa shape index (κ2) is 4.89. The molecule has 1 atom stereocenters. The Morgan fingerprint density at radius 3 is 2.50 bits per heavy atom. The largest absolute Gasteiger partial charge is 0.495 e. The molecule has 86 valence electrons. The van der Waals surface area contributed by atoms with Crippen molar-refractivity contribution in [1.82, 2.24) is 0 Å². The lowest BCUT2D eigenvalue weighted by Crippen LogP contribution is -2.28. The summed E-state index contributed by atoms with van der Waals surface area (Å²) in [5.41, 5.74) is 3.28. The van der Waals surface area contributed by atoms with Crippen LogP contribution in [0.1, 0.15) is 18.1 Å². The van der Waals surface area contributed by atoms with E-state index in [0.717, 1.165) is 22.6 Å². The van der Waals surface area contributed by atoms with Gasteiger partial charge in [0.2, 0.25) is 0 Å². The minimum Gasteiger partial charge on any atom is -0.495 e. The van der Waals surface area contributed by atoms with Crippen LogP contribution in [0.25, 0.3) is 0 Å². The maximum absolute atomic E-state index is 8.94. The van der Waals surface area contributed by atoms with Gasteiger partial charge in [0.05, 0.1) is 18.9 Å². The molecule has 16 heavy (non-hydrogen) atoms. The molecule has 0 aliphatic heterocycles. The number of rotatable bonds is 3. The molecule has 0 spiro atoms. The summed E-state index contributed by atoms with van der Waals surface area (Å²) in [6.07, 6.45) is 0. The Kier molecular flexibility index (Phi) is 3.78. The van der Waals surface area contributed by atoms with Gasteiger partial charge in [-0.25, -0.2) is 0 Å². The van der Waals surface area contributed by atoms with Gasteiger partial charge >= 0.3 is 0 Å². The molecule has 0 heterocycles. The van der Waals surface area contributed by atoms with Crippen LogP contribution in [0.3, 0.4) is 0 Å². The monoisotopic (exact) mass is 218 g/mol. The van der Waals surface area contributed by atoms with Crippen molar-refractivity contribution in [2.75, 3.05) is 19.1 Å². The van der Waals surface area contributed by atoms with E-state index in [1.807, 2.05) is 38.8 Å². The van der Waals surface area contributed by atoms with Crippen LogP contribution in [0.5, 0.6) is 5.75 Å². The normalized spacial score (nSPS) is 11.8. The molecule has 0 N–H and O–H groups in total. The lowest BCUT2D eigenvalue weighted by Gasteiger charge is -2.26. The van der Waals surface area contributed by atoms with Gasteiger partial charge in [-0.3, -0.25) is 0 Å². The van der Waals surface area contributed by atoms with E-state index in [9.17, 15) is 0 Å². The predicted molar refractivity (Wildman–Crippen MR) is 65.9 cm³/mol. The summed E-state index contributed by atoms with van der Waals surface area (Å²) in [5, 5.41) is 8.94. The third kappa shape index (κ3) is 2.27. The average molecular weight is 218 g/mol. The molecule has 1 rings (SSSR count). The van der Waals surface area contributed by atoms with Crippen molar-refractivity contribution in [3.8, 4) is 11.8 Å². The molecule has 1 unspecified atom stereocenters. The Morgan fingerprint density at radius 2 is 2.00 bits per heavy atom. The number of nitriles is 1. The number of ether oxygens (including phenoxy) is 1. The highest BCUT2D eigenvalue weighted by atomic mass is 16.5. The Bertz CT molecular complexity index is 421. The summed E-state index contributed by atoms with van der Waals surface area (Å²) in [6.45, 7) is 5.94. The molecule has 0 saturated heterocycles. The average Bonchev–Trinajstić information content (AvgIpc) is 2.26. The van der Waals surface area contributed by atoms with Gasteiger partial charge < -0.3 is 9.64 Å². The van der Waals surface area contributed by atoms with E-state index >= 15 is 0 Å². The predicted octanol–water partition coefficient (Wildman–Crippen LogP) is 2.66. The first-order chi connectivity index (χ1) is 7.51. The third-order valence-corrected chi connectivity index (χ3v) is 2.75. The minimum atomic E-state index is -0.171. The van der Waals surface area contributed by atoms with E-state index in [4.69, 9.17) is 10.00 Å². The second-order valence-electron chi connectivity index (χ2n) is 4.05. The van der Waals surface area contributed by atoms with Crippen LogP contribution in [0, 0.1) is 25.2 Å². The van der Waals surface area contributed by atoms with Gasteiger partial charge in [0.15, 0.2) is 0 Å². The van der Waals surface area contributed by atoms with Crippen LogP contribution in [0.2, 0.25) is 0 Å². The number of hydrogen-bond acceptors (Lipinski definition) is 3. The Labute approximate surface area is 97.3 Å². The molecule has 1 aromatic rings. The quantitative estimate of drug-likeness (QED) is 0.782. The fourth-order valence-corrected chi connectivity index (χ4v) is 1.81. The molecule has 0 fully saturated rings. The first-order valence-corrected chi connectivity index (χ1v) is 5.29. The van der Waals surface area contributed by atoms with Crippen molar-refractivity contribution in [2.45, 2.75) is 26.8 Å². The van der Waals surface area contributed by atoms with Gasteiger partial charge in [0.25, 0.3) is 0 Å². The first kappa shape index (κ1) is 12.4. The number of methoxy groups -OCH3 is 1. The zero-order valence-electron chi connectivity index (χ0n) is 10.5. The number of aryl methyl sites for hydroxylation is 2. The van der Waals surface area contributed by atoms with Crippen molar-refractivity contribution in [3.63, 3.8) is 0 Å². The molecule has 3 heteroatoms. The minimum absolute atomic E-state index is 0.171. The van der Waals surface area contributed by atoms with Crippen LogP contribution in [-0.2, 0) is 0 Å². The lowest BCUT2D eigenvalue weighted by molar-refractivity contribution is 0.414. The van der Waals surface area contributed by atoms with Crippen molar-refractivity contribution in [1.29, 1.82) is 5.26 Å². The number of hydrogen-bond donors (Lipinski definition) is 0. The Hall–Kier alpha value is -1.69. The summed E-state index contributed by atoms with van der Waals surface area (Å²) in [6, 6.07) is 6.14. The van der Waals surface area contributed by atoms with E-state index in [1.54, 1.807) is 7.11 Å². The summed E-state index contributed by atoms with van der Waals surface area (Å²) >= 11 is 0. The third-order valence-electron chi connectivity index (χ3n) is 2.75. The summed E-state index contributed by atoms with van der Waals surface area (Å²) < 4.78 is 5.37. The molecule has 0 amide bonds. The highest BCUT2D eigenvalue weighted by molar-refractivity contribution is 5.65. The Balaban J connectivity index is 3.27. The molecule has 0 saturated carbocycles. The molecule has 1 aromatic carbocycles. The fourth-order valence-electron chi connectivity index (χ4n) is 1.81.